The van der Waals surface area contributed by atoms with Crippen LogP contribution in [-0.2, 0) is 9.59 Å². The van der Waals surface area contributed by atoms with Crippen LogP contribution in [-0.4, -0.2) is 18.2 Å². The summed E-state index contributed by atoms with van der Waals surface area (Å²) < 4.78 is 0. The van der Waals surface area contributed by atoms with E-state index in [1.54, 1.807) is 6.07 Å². The van der Waals surface area contributed by atoms with Gasteiger partial charge in [0, 0.05) is 5.57 Å². The predicted molar refractivity (Wildman–Crippen MR) is 36.3 cm³/mol. The lowest BCUT2D eigenvalue weighted by molar-refractivity contribution is -0.123. The van der Waals surface area contributed by atoms with Crippen LogP contribution in [0.3, 0.4) is 0 Å². The first-order chi connectivity index (χ1) is 5.16. The molecule has 4 nitrogen and oxygen atoms in total. The maximum Gasteiger partial charge on any atom is 0.262 e. The molecule has 1 rings (SSSR count). The summed E-state index contributed by atoms with van der Waals surface area (Å²) in [7, 11) is 0. The van der Waals surface area contributed by atoms with Gasteiger partial charge >= 0.3 is 0 Å². The average Bonchev–Trinajstić information content (AvgIpc) is 1.99. The number of ketones is 1. The van der Waals surface area contributed by atoms with Crippen LogP contribution in [0.15, 0.2) is 11.1 Å². The molecule has 1 amide bonds. The number of nitriles is 1. The first-order valence-corrected chi connectivity index (χ1v) is 3.09. The molecule has 4 heteroatoms. The molecule has 0 aliphatic carbocycles. The Labute approximate surface area is 63.5 Å². The van der Waals surface area contributed by atoms with Gasteiger partial charge in [0.1, 0.15) is 11.6 Å². The summed E-state index contributed by atoms with van der Waals surface area (Å²) in [6.45, 7) is 1.50. The van der Waals surface area contributed by atoms with E-state index in [0.717, 1.165) is 0 Å². The highest BCUT2D eigenvalue weighted by Crippen LogP contribution is 2.08. The smallest absolute Gasteiger partial charge is 0.262 e. The number of nitrogens with one attached hydrogen (secondary N) is 1. The van der Waals surface area contributed by atoms with E-state index >= 15 is 0 Å². The van der Waals surface area contributed by atoms with Crippen LogP contribution in [0.25, 0.3) is 0 Å². The number of hydrogen-bond donors (Lipinski definition) is 1. The van der Waals surface area contributed by atoms with Gasteiger partial charge in [0.05, 0.1) is 6.54 Å². The number of carbonyl (C=O) groups is 2. The zero-order valence-electron chi connectivity index (χ0n) is 5.97. The third-order valence-electron chi connectivity index (χ3n) is 1.54. The minimum absolute atomic E-state index is 0.00977. The number of carbonyl (C=O) groups excluding carboxylic acids is 2. The molecule has 0 atom stereocenters. The molecule has 1 heterocycles. The van der Waals surface area contributed by atoms with Gasteiger partial charge in [0.15, 0.2) is 5.78 Å². The summed E-state index contributed by atoms with van der Waals surface area (Å²) in [5.41, 5.74) is 0.192. The largest absolute Gasteiger partial charge is 0.344 e. The van der Waals surface area contributed by atoms with Crippen molar-refractivity contribution >= 4 is 11.7 Å². The van der Waals surface area contributed by atoms with Crippen molar-refractivity contribution in [3.8, 4) is 6.07 Å². The predicted octanol–water partition coefficient (Wildman–Crippen LogP) is -0.475. The van der Waals surface area contributed by atoms with E-state index in [4.69, 9.17) is 5.26 Å². The molecular weight excluding hydrogens is 144 g/mol. The average molecular weight is 150 g/mol. The Kier molecular flexibility index (Phi) is 1.73. The zero-order valence-corrected chi connectivity index (χ0v) is 5.97. The highest BCUT2D eigenvalue weighted by atomic mass is 16.2. The second kappa shape index (κ2) is 2.54. The molecule has 11 heavy (non-hydrogen) atoms. The fourth-order valence-corrected chi connectivity index (χ4v) is 0.826. The van der Waals surface area contributed by atoms with Crippen LogP contribution in [0, 0.1) is 11.3 Å². The molecule has 0 aromatic carbocycles. The van der Waals surface area contributed by atoms with E-state index in [-0.39, 0.29) is 23.5 Å². The van der Waals surface area contributed by atoms with Crippen molar-refractivity contribution < 1.29 is 9.59 Å². The van der Waals surface area contributed by atoms with Gasteiger partial charge in [-0.3, -0.25) is 9.59 Å². The van der Waals surface area contributed by atoms with Crippen LogP contribution in [0.5, 0.6) is 0 Å². The Bertz CT molecular complexity index is 296. The molecule has 0 saturated heterocycles. The number of nitrogens with zero attached hydrogens (tertiary/aromatic N) is 1. The first-order valence-electron chi connectivity index (χ1n) is 3.09. The maximum atomic E-state index is 10.9. The summed E-state index contributed by atoms with van der Waals surface area (Å²) in [5, 5.41) is 10.7. The van der Waals surface area contributed by atoms with Crippen LogP contribution in [0.4, 0.5) is 0 Å². The van der Waals surface area contributed by atoms with Gasteiger partial charge < -0.3 is 5.32 Å². The lowest BCUT2D eigenvalue weighted by Crippen LogP contribution is -2.36. The van der Waals surface area contributed by atoms with Crippen molar-refractivity contribution in [1.82, 2.24) is 5.32 Å². The summed E-state index contributed by atoms with van der Waals surface area (Å²) in [5.74, 6) is -0.647. The molecule has 0 spiro atoms. The zero-order chi connectivity index (χ0) is 8.43. The monoisotopic (exact) mass is 150 g/mol. The summed E-state index contributed by atoms with van der Waals surface area (Å²) in [6.07, 6.45) is 0. The molecule has 1 N–H and O–H groups in total. The van der Waals surface area contributed by atoms with E-state index in [2.05, 4.69) is 5.32 Å². The standard InChI is InChI=1S/C7H6N2O2/c1-4-5(2-8)7(11)9-3-6(4)10/h3H2,1H3,(H,9,11). The van der Waals surface area contributed by atoms with Gasteiger partial charge in [-0.2, -0.15) is 5.26 Å². The lowest BCUT2D eigenvalue weighted by Gasteiger charge is -2.11. The van der Waals surface area contributed by atoms with Crippen LogP contribution in [0.1, 0.15) is 6.92 Å². The Morgan fingerprint density at radius 1 is 1.55 bits per heavy atom. The molecule has 0 bridgehead atoms. The Morgan fingerprint density at radius 2 is 2.18 bits per heavy atom. The van der Waals surface area contributed by atoms with E-state index in [9.17, 15) is 9.59 Å². The molecule has 0 fully saturated rings. The molecular formula is C7H6N2O2. The molecule has 0 radical (unpaired) electrons. The van der Waals surface area contributed by atoms with Crippen LogP contribution in [0.2, 0.25) is 0 Å². The van der Waals surface area contributed by atoms with Crippen LogP contribution >= 0.6 is 0 Å². The molecule has 1 aliphatic heterocycles. The number of amides is 1. The third kappa shape index (κ3) is 1.13. The van der Waals surface area contributed by atoms with E-state index < -0.39 is 5.91 Å². The lowest BCUT2D eigenvalue weighted by atomic mass is 10.0. The van der Waals surface area contributed by atoms with E-state index in [1.165, 1.54) is 6.92 Å². The molecule has 0 aromatic heterocycles. The van der Waals surface area contributed by atoms with Crippen molar-refractivity contribution in [2.45, 2.75) is 6.92 Å². The Morgan fingerprint density at radius 3 is 2.64 bits per heavy atom. The van der Waals surface area contributed by atoms with Crippen LogP contribution < -0.4 is 5.32 Å². The summed E-state index contributed by atoms with van der Waals surface area (Å²) in [4.78, 5) is 21.7. The van der Waals surface area contributed by atoms with Crippen molar-refractivity contribution in [2.24, 2.45) is 0 Å². The highest BCUT2D eigenvalue weighted by molar-refractivity contribution is 6.13. The van der Waals surface area contributed by atoms with Crippen molar-refractivity contribution in [2.75, 3.05) is 6.54 Å². The number of Topliss-reactive ketones (excluding diaryl/α,β-unsaturated/α-hetero) is 1. The van der Waals surface area contributed by atoms with Gasteiger partial charge in [-0.15, -0.1) is 0 Å². The van der Waals surface area contributed by atoms with E-state index in [1.807, 2.05) is 0 Å². The SMILES string of the molecule is CC1=C(C#N)C(=O)NCC1=O. The topological polar surface area (TPSA) is 70.0 Å². The van der Waals surface area contributed by atoms with Gasteiger partial charge in [0.25, 0.3) is 5.91 Å². The number of hydrogen-bond acceptors (Lipinski definition) is 3. The van der Waals surface area contributed by atoms with Crippen molar-refractivity contribution in [3.05, 3.63) is 11.1 Å². The maximum absolute atomic E-state index is 10.9. The summed E-state index contributed by atoms with van der Waals surface area (Å²) >= 11 is 0. The molecule has 1 aliphatic rings. The molecule has 0 saturated carbocycles. The normalized spacial score (nSPS) is 17.8. The third-order valence-corrected chi connectivity index (χ3v) is 1.54. The molecule has 56 valence electrons. The second-order valence-electron chi connectivity index (χ2n) is 2.22. The van der Waals surface area contributed by atoms with Gasteiger partial charge in [0.2, 0.25) is 0 Å². The minimum Gasteiger partial charge on any atom is -0.344 e. The minimum atomic E-state index is -0.454. The number of rotatable bonds is 0. The van der Waals surface area contributed by atoms with Crippen molar-refractivity contribution in [1.29, 1.82) is 5.26 Å². The molecule has 0 aromatic rings. The second-order valence-corrected chi connectivity index (χ2v) is 2.22. The van der Waals surface area contributed by atoms with E-state index in [0.29, 0.717) is 0 Å². The Balaban J connectivity index is 3.16. The highest BCUT2D eigenvalue weighted by Gasteiger charge is 2.22. The van der Waals surface area contributed by atoms with Crippen molar-refractivity contribution in [3.63, 3.8) is 0 Å². The summed E-state index contributed by atoms with van der Waals surface area (Å²) in [6, 6.07) is 1.68. The van der Waals surface area contributed by atoms with Gasteiger partial charge in [-0.1, -0.05) is 0 Å². The fourth-order valence-electron chi connectivity index (χ4n) is 0.826. The Hall–Kier alpha value is -1.63. The van der Waals surface area contributed by atoms with Gasteiger partial charge in [-0.05, 0) is 6.92 Å². The first kappa shape index (κ1) is 7.48. The van der Waals surface area contributed by atoms with Gasteiger partial charge in [-0.25, -0.2) is 0 Å². The quantitative estimate of drug-likeness (QED) is 0.507. The fraction of sp³-hybridized carbons (Fsp3) is 0.286. The molecule has 0 unspecified atom stereocenters.